The number of allylic oxidation sites excluding steroid dienone is 5. The minimum atomic E-state index is -2.68. The zero-order valence-corrected chi connectivity index (χ0v) is 20.8. The second-order valence-corrected chi connectivity index (χ2v) is 13.5. The van der Waals surface area contributed by atoms with E-state index in [0.717, 1.165) is 0 Å². The fourth-order valence-electron chi connectivity index (χ4n) is 4.54. The van der Waals surface area contributed by atoms with Crippen LogP contribution < -0.4 is 10.4 Å². The molecule has 168 valence electrons. The van der Waals surface area contributed by atoms with Crippen molar-refractivity contribution >= 4 is 18.7 Å². The summed E-state index contributed by atoms with van der Waals surface area (Å²) in [5, 5.41) is 2.49. The average Bonchev–Trinajstić information content (AvgIpc) is 3.17. The average molecular weight is 445 g/mol. The fourth-order valence-corrected chi connectivity index (χ4v) is 9.27. The maximum absolute atomic E-state index is 7.44. The Morgan fingerprint density at radius 2 is 1.50 bits per heavy atom. The first kappa shape index (κ1) is 24.2. The molecule has 3 rings (SSSR count). The van der Waals surface area contributed by atoms with Gasteiger partial charge in [-0.15, -0.1) is 0 Å². The monoisotopic (exact) mass is 444 g/mol. The van der Waals surface area contributed by atoms with Gasteiger partial charge in [0.2, 0.25) is 0 Å². The first-order valence-electron chi connectivity index (χ1n) is 11.4. The number of ether oxygens (including phenoxy) is 1. The predicted octanol–water partition coefficient (Wildman–Crippen LogP) is 5.82. The molecule has 3 atom stereocenters. The molecule has 0 N–H and O–H groups in total. The van der Waals surface area contributed by atoms with Crippen LogP contribution in [0.3, 0.4) is 0 Å². The molecule has 2 nitrogen and oxygen atoms in total. The molecular weight excluding hydrogens is 408 g/mol. The SMILES string of the molecule is C=C/C=C/[C@@H]1OC[C@H](/C=C/C=C/C)[C@H]1O[Si](c1ccccc1)(c1ccccc1)C(C)(C)C. The van der Waals surface area contributed by atoms with Crippen molar-refractivity contribution in [2.75, 3.05) is 6.61 Å². The van der Waals surface area contributed by atoms with Crippen LogP contribution in [0.15, 0.2) is 110 Å². The lowest BCUT2D eigenvalue weighted by Crippen LogP contribution is -2.68. The van der Waals surface area contributed by atoms with E-state index in [4.69, 9.17) is 9.16 Å². The van der Waals surface area contributed by atoms with E-state index in [1.807, 2.05) is 19.1 Å². The molecule has 0 aromatic heterocycles. The second kappa shape index (κ2) is 10.9. The van der Waals surface area contributed by atoms with Gasteiger partial charge in [-0.05, 0) is 22.3 Å². The third-order valence-corrected chi connectivity index (χ3v) is 11.1. The summed E-state index contributed by atoms with van der Waals surface area (Å²) in [5.41, 5.74) is 0. The van der Waals surface area contributed by atoms with Crippen LogP contribution in [0.4, 0.5) is 0 Å². The first-order chi connectivity index (χ1) is 15.4. The van der Waals surface area contributed by atoms with Gasteiger partial charge in [0.15, 0.2) is 0 Å². The third kappa shape index (κ3) is 5.12. The molecule has 1 saturated heterocycles. The zero-order valence-electron chi connectivity index (χ0n) is 19.8. The Balaban J connectivity index is 2.17. The van der Waals surface area contributed by atoms with Gasteiger partial charge in [0.1, 0.15) is 6.10 Å². The highest BCUT2D eigenvalue weighted by molar-refractivity contribution is 6.99. The Kier molecular flexibility index (Phi) is 8.24. The molecule has 0 aliphatic carbocycles. The smallest absolute Gasteiger partial charge is 0.261 e. The summed E-state index contributed by atoms with van der Waals surface area (Å²) in [6, 6.07) is 21.6. The van der Waals surface area contributed by atoms with Gasteiger partial charge in [0.25, 0.3) is 8.32 Å². The van der Waals surface area contributed by atoms with Crippen molar-refractivity contribution in [2.45, 2.75) is 44.9 Å². The van der Waals surface area contributed by atoms with Crippen molar-refractivity contribution in [3.63, 3.8) is 0 Å². The van der Waals surface area contributed by atoms with Gasteiger partial charge in [-0.3, -0.25) is 0 Å². The number of hydrogen-bond acceptors (Lipinski definition) is 2. The Morgan fingerprint density at radius 3 is 2.00 bits per heavy atom. The van der Waals surface area contributed by atoms with Crippen LogP contribution in [0.5, 0.6) is 0 Å². The van der Waals surface area contributed by atoms with Crippen molar-refractivity contribution in [3.8, 4) is 0 Å². The van der Waals surface area contributed by atoms with Crippen molar-refractivity contribution in [3.05, 3.63) is 110 Å². The lowest BCUT2D eigenvalue weighted by Gasteiger charge is -2.45. The third-order valence-electron chi connectivity index (χ3n) is 6.06. The van der Waals surface area contributed by atoms with E-state index in [-0.39, 0.29) is 23.2 Å². The van der Waals surface area contributed by atoms with Gasteiger partial charge < -0.3 is 9.16 Å². The van der Waals surface area contributed by atoms with Crippen molar-refractivity contribution in [2.24, 2.45) is 5.92 Å². The summed E-state index contributed by atoms with van der Waals surface area (Å²) in [5.74, 6) is 0.173. The molecular formula is C29H36O2Si. The lowest BCUT2D eigenvalue weighted by atomic mass is 10.0. The lowest BCUT2D eigenvalue weighted by molar-refractivity contribution is 0.0806. The molecule has 0 saturated carbocycles. The van der Waals surface area contributed by atoms with Gasteiger partial charge in [-0.1, -0.05) is 131 Å². The molecule has 1 heterocycles. The van der Waals surface area contributed by atoms with E-state index in [2.05, 4.69) is 112 Å². The molecule has 32 heavy (non-hydrogen) atoms. The first-order valence-corrected chi connectivity index (χ1v) is 13.3. The molecule has 0 radical (unpaired) electrons. The van der Waals surface area contributed by atoms with Gasteiger partial charge in [0, 0.05) is 5.92 Å². The van der Waals surface area contributed by atoms with E-state index in [9.17, 15) is 0 Å². The summed E-state index contributed by atoms with van der Waals surface area (Å²) in [7, 11) is -2.68. The topological polar surface area (TPSA) is 18.5 Å². The molecule has 0 unspecified atom stereocenters. The molecule has 0 bridgehead atoms. The van der Waals surface area contributed by atoms with Gasteiger partial charge >= 0.3 is 0 Å². The van der Waals surface area contributed by atoms with Crippen molar-refractivity contribution < 1.29 is 9.16 Å². The van der Waals surface area contributed by atoms with Crippen LogP contribution in [-0.4, -0.2) is 27.1 Å². The molecule has 2 aromatic rings. The number of benzene rings is 2. The Hall–Kier alpha value is -2.46. The summed E-state index contributed by atoms with van der Waals surface area (Å²) in [6.45, 7) is 13.5. The molecule has 0 amide bonds. The van der Waals surface area contributed by atoms with Crippen LogP contribution in [0.25, 0.3) is 0 Å². The highest BCUT2D eigenvalue weighted by atomic mass is 28.4. The van der Waals surface area contributed by atoms with Crippen LogP contribution in [0, 0.1) is 5.92 Å². The highest BCUT2D eigenvalue weighted by Crippen LogP contribution is 2.40. The zero-order chi connectivity index (χ0) is 23.0. The Labute approximate surface area is 195 Å². The summed E-state index contributed by atoms with van der Waals surface area (Å²) < 4.78 is 13.7. The predicted molar refractivity (Wildman–Crippen MR) is 139 cm³/mol. The Bertz CT molecular complexity index is 899. The number of rotatable bonds is 8. The maximum Gasteiger partial charge on any atom is 0.261 e. The minimum absolute atomic E-state index is 0.0808. The Morgan fingerprint density at radius 1 is 0.906 bits per heavy atom. The van der Waals surface area contributed by atoms with E-state index in [1.54, 1.807) is 6.08 Å². The molecule has 2 aromatic carbocycles. The van der Waals surface area contributed by atoms with Gasteiger partial charge in [-0.25, -0.2) is 0 Å². The van der Waals surface area contributed by atoms with Crippen molar-refractivity contribution in [1.82, 2.24) is 0 Å². The van der Waals surface area contributed by atoms with Crippen LogP contribution in [0.2, 0.25) is 5.04 Å². The van der Waals surface area contributed by atoms with Crippen LogP contribution in [-0.2, 0) is 9.16 Å². The molecule has 1 aliphatic heterocycles. The summed E-state index contributed by atoms with van der Waals surface area (Å²) >= 11 is 0. The largest absolute Gasteiger partial charge is 0.401 e. The van der Waals surface area contributed by atoms with Crippen LogP contribution >= 0.6 is 0 Å². The minimum Gasteiger partial charge on any atom is -0.401 e. The number of hydrogen-bond donors (Lipinski definition) is 0. The van der Waals surface area contributed by atoms with E-state index >= 15 is 0 Å². The maximum atomic E-state index is 7.44. The molecule has 3 heteroatoms. The molecule has 1 aliphatic rings. The quantitative estimate of drug-likeness (QED) is 0.377. The summed E-state index contributed by atoms with van der Waals surface area (Å²) in [4.78, 5) is 0. The van der Waals surface area contributed by atoms with Crippen LogP contribution in [0.1, 0.15) is 27.7 Å². The van der Waals surface area contributed by atoms with E-state index < -0.39 is 8.32 Å². The van der Waals surface area contributed by atoms with E-state index in [1.165, 1.54) is 10.4 Å². The van der Waals surface area contributed by atoms with Gasteiger partial charge in [0.05, 0.1) is 12.7 Å². The highest BCUT2D eigenvalue weighted by Gasteiger charge is 2.53. The fraction of sp³-hybridized carbons (Fsp3) is 0.310. The van der Waals surface area contributed by atoms with Crippen molar-refractivity contribution in [1.29, 1.82) is 0 Å². The normalized spacial score (nSPS) is 22.3. The second-order valence-electron chi connectivity index (χ2n) is 9.24. The summed E-state index contributed by atoms with van der Waals surface area (Å²) in [6.07, 6.45) is 14.1. The molecule has 1 fully saturated rings. The van der Waals surface area contributed by atoms with E-state index in [0.29, 0.717) is 6.61 Å². The standard InChI is InChI=1S/C29H36O2Si/c1-6-8-12-17-24-23-30-27(22-9-7-2)28(24)31-32(29(3,4)5,25-18-13-10-14-19-25)26-20-15-11-16-21-26/h6-22,24,27-28H,2,23H2,1,3-5H3/b8-6+,17-12+,22-9+/t24-,27-,28+/m0/s1. The molecule has 0 spiro atoms. The van der Waals surface area contributed by atoms with Gasteiger partial charge in [-0.2, -0.15) is 0 Å².